The van der Waals surface area contributed by atoms with Crippen LogP contribution in [0.4, 0.5) is 0 Å². The van der Waals surface area contributed by atoms with Crippen molar-refractivity contribution in [2.24, 2.45) is 0 Å². The zero-order valence-electron chi connectivity index (χ0n) is 16.8. The Hall–Kier alpha value is -3.03. The van der Waals surface area contributed by atoms with Crippen LogP contribution in [0.1, 0.15) is 17.3 Å². The van der Waals surface area contributed by atoms with Gasteiger partial charge in [0.25, 0.3) is 0 Å². The number of likely N-dealkylation sites (N-methyl/N-ethyl adjacent to an activating group) is 1. The molecule has 7 heteroatoms. The second-order valence-corrected chi connectivity index (χ2v) is 8.51. The van der Waals surface area contributed by atoms with Crippen molar-refractivity contribution in [3.63, 3.8) is 0 Å². The largest absolute Gasteiger partial charge is 0.339 e. The van der Waals surface area contributed by atoms with Crippen molar-refractivity contribution in [3.8, 4) is 11.1 Å². The average Bonchev–Trinajstić information content (AvgIpc) is 3.44. The second kappa shape index (κ2) is 8.01. The van der Waals surface area contributed by atoms with Crippen LogP contribution < -0.4 is 0 Å². The first-order chi connectivity index (χ1) is 14.7. The van der Waals surface area contributed by atoms with Gasteiger partial charge in [-0.05, 0) is 47.1 Å². The van der Waals surface area contributed by atoms with E-state index >= 15 is 0 Å². The van der Waals surface area contributed by atoms with Crippen LogP contribution in [0.2, 0.25) is 0 Å². The molecule has 0 unspecified atom stereocenters. The molecule has 0 spiro atoms. The molecule has 5 heterocycles. The Morgan fingerprint density at radius 2 is 2.13 bits per heavy atom. The molecule has 4 aromatic rings. The normalized spacial score (nSPS) is 17.5. The quantitative estimate of drug-likeness (QED) is 0.510. The Labute approximate surface area is 179 Å². The minimum Gasteiger partial charge on any atom is -0.339 e. The van der Waals surface area contributed by atoms with E-state index in [1.165, 1.54) is 0 Å². The van der Waals surface area contributed by atoms with E-state index in [0.717, 1.165) is 41.0 Å². The highest BCUT2D eigenvalue weighted by atomic mass is 32.1. The summed E-state index contributed by atoms with van der Waals surface area (Å²) in [6.07, 6.45) is 8.07. The highest BCUT2D eigenvalue weighted by molar-refractivity contribution is 7.08. The molecule has 0 N–H and O–H groups in total. The highest BCUT2D eigenvalue weighted by Crippen LogP contribution is 2.28. The first-order valence-electron chi connectivity index (χ1n) is 10.0. The average molecular weight is 418 g/mol. The van der Waals surface area contributed by atoms with E-state index < -0.39 is 0 Å². The third-order valence-corrected chi connectivity index (χ3v) is 6.54. The van der Waals surface area contributed by atoms with E-state index in [0.29, 0.717) is 13.0 Å². The summed E-state index contributed by atoms with van der Waals surface area (Å²) in [6, 6.07) is 10.3. The predicted molar refractivity (Wildman–Crippen MR) is 118 cm³/mol. The monoisotopic (exact) mass is 417 g/mol. The van der Waals surface area contributed by atoms with Crippen molar-refractivity contribution in [1.82, 2.24) is 24.2 Å². The highest BCUT2D eigenvalue weighted by Gasteiger charge is 2.31. The van der Waals surface area contributed by atoms with E-state index in [2.05, 4.69) is 45.7 Å². The van der Waals surface area contributed by atoms with Gasteiger partial charge in [-0.1, -0.05) is 12.1 Å². The SMILES string of the molecule is CN1CCN(C(=O)Cc2ccsc2)C[C@@H]1c1ncn2cc(-c3cccnc3)ccc12. The maximum absolute atomic E-state index is 12.8. The summed E-state index contributed by atoms with van der Waals surface area (Å²) >= 11 is 1.63. The minimum absolute atomic E-state index is 0.0828. The van der Waals surface area contributed by atoms with Crippen molar-refractivity contribution in [2.75, 3.05) is 26.7 Å². The van der Waals surface area contributed by atoms with E-state index in [9.17, 15) is 4.79 Å². The second-order valence-electron chi connectivity index (χ2n) is 7.73. The lowest BCUT2D eigenvalue weighted by molar-refractivity contribution is -0.133. The maximum Gasteiger partial charge on any atom is 0.227 e. The molecule has 0 bridgehead atoms. The number of piperazine rings is 1. The number of carbonyl (C=O) groups is 1. The van der Waals surface area contributed by atoms with Crippen LogP contribution in [-0.2, 0) is 11.2 Å². The van der Waals surface area contributed by atoms with Crippen LogP contribution in [0.5, 0.6) is 0 Å². The summed E-state index contributed by atoms with van der Waals surface area (Å²) in [5.41, 5.74) is 5.37. The van der Waals surface area contributed by atoms with Gasteiger partial charge in [-0.25, -0.2) is 4.98 Å². The minimum atomic E-state index is 0.0828. The third-order valence-electron chi connectivity index (χ3n) is 5.81. The van der Waals surface area contributed by atoms with Gasteiger partial charge in [0, 0.05) is 43.8 Å². The van der Waals surface area contributed by atoms with E-state index in [1.807, 2.05) is 40.3 Å². The van der Waals surface area contributed by atoms with Crippen LogP contribution >= 0.6 is 11.3 Å². The number of pyridine rings is 2. The van der Waals surface area contributed by atoms with Gasteiger partial charge in [0.05, 0.1) is 30.0 Å². The fourth-order valence-corrected chi connectivity index (χ4v) is 4.73. The number of fused-ring (bicyclic) bond motifs is 1. The Kier molecular flexibility index (Phi) is 5.06. The van der Waals surface area contributed by atoms with Gasteiger partial charge in [0.15, 0.2) is 0 Å². The molecule has 1 amide bonds. The standard InChI is InChI=1S/C23H23N5OS/c1-26-8-9-27(22(29)11-17-6-10-30-15-17)14-21(26)23-20-5-4-19(13-28(20)16-25-23)18-3-2-7-24-12-18/h2-7,10,12-13,15-16,21H,8-9,11,14H2,1H3/t21-/m1/s1. The van der Waals surface area contributed by atoms with Crippen molar-refractivity contribution in [2.45, 2.75) is 12.5 Å². The number of hydrogen-bond donors (Lipinski definition) is 0. The molecule has 0 aliphatic carbocycles. The van der Waals surface area contributed by atoms with E-state index in [-0.39, 0.29) is 11.9 Å². The number of aromatic nitrogens is 3. The smallest absolute Gasteiger partial charge is 0.227 e. The van der Waals surface area contributed by atoms with Crippen LogP contribution in [0.15, 0.2) is 66.0 Å². The topological polar surface area (TPSA) is 53.7 Å². The fraction of sp³-hybridized carbons (Fsp3) is 0.261. The molecule has 1 aliphatic rings. The fourth-order valence-electron chi connectivity index (χ4n) is 4.06. The number of amides is 1. The number of rotatable bonds is 4. The number of carbonyl (C=O) groups excluding carboxylic acids is 1. The van der Waals surface area contributed by atoms with Crippen molar-refractivity contribution in [1.29, 1.82) is 0 Å². The van der Waals surface area contributed by atoms with Gasteiger partial charge in [0.2, 0.25) is 5.91 Å². The van der Waals surface area contributed by atoms with Crippen LogP contribution in [0.3, 0.4) is 0 Å². The number of thiophene rings is 1. The first-order valence-corrected chi connectivity index (χ1v) is 11.0. The molecule has 1 atom stereocenters. The molecular formula is C23H23N5OS. The van der Waals surface area contributed by atoms with Gasteiger partial charge < -0.3 is 9.30 Å². The van der Waals surface area contributed by atoms with Crippen LogP contribution in [-0.4, -0.2) is 56.8 Å². The lowest BCUT2D eigenvalue weighted by Gasteiger charge is -2.39. The predicted octanol–water partition coefficient (Wildman–Crippen LogP) is 3.52. The molecule has 1 saturated heterocycles. The van der Waals surface area contributed by atoms with Crippen molar-refractivity contribution >= 4 is 22.8 Å². The molecule has 0 aromatic carbocycles. The molecule has 0 saturated carbocycles. The Bertz CT molecular complexity index is 1160. The van der Waals surface area contributed by atoms with Crippen molar-refractivity contribution in [3.05, 3.63) is 77.3 Å². The Balaban J connectivity index is 1.40. The van der Waals surface area contributed by atoms with Gasteiger partial charge in [-0.3, -0.25) is 14.7 Å². The molecule has 4 aromatic heterocycles. The molecule has 6 nitrogen and oxygen atoms in total. The summed E-state index contributed by atoms with van der Waals surface area (Å²) < 4.78 is 2.07. The van der Waals surface area contributed by atoms with Crippen molar-refractivity contribution < 1.29 is 4.79 Å². The number of nitrogens with zero attached hydrogens (tertiary/aromatic N) is 5. The summed E-state index contributed by atoms with van der Waals surface area (Å²) in [5, 5.41) is 4.07. The molecular weight excluding hydrogens is 394 g/mol. The molecule has 1 fully saturated rings. The summed E-state index contributed by atoms with van der Waals surface area (Å²) in [5.74, 6) is 0.189. The van der Waals surface area contributed by atoms with E-state index in [1.54, 1.807) is 17.5 Å². The van der Waals surface area contributed by atoms with Gasteiger partial charge >= 0.3 is 0 Å². The van der Waals surface area contributed by atoms with Gasteiger partial charge in [-0.2, -0.15) is 11.3 Å². The lowest BCUT2D eigenvalue weighted by Crippen LogP contribution is -2.49. The summed E-state index contributed by atoms with van der Waals surface area (Å²) in [7, 11) is 2.11. The lowest BCUT2D eigenvalue weighted by atomic mass is 10.1. The summed E-state index contributed by atoms with van der Waals surface area (Å²) in [6.45, 7) is 2.26. The van der Waals surface area contributed by atoms with Crippen LogP contribution in [0.25, 0.3) is 16.6 Å². The number of imidazole rings is 1. The van der Waals surface area contributed by atoms with Gasteiger partial charge in [0.1, 0.15) is 0 Å². The molecule has 1 aliphatic heterocycles. The van der Waals surface area contributed by atoms with E-state index in [4.69, 9.17) is 4.98 Å². The molecule has 30 heavy (non-hydrogen) atoms. The zero-order valence-corrected chi connectivity index (χ0v) is 17.6. The zero-order chi connectivity index (χ0) is 20.5. The third kappa shape index (κ3) is 3.62. The first kappa shape index (κ1) is 19.0. The van der Waals surface area contributed by atoms with Gasteiger partial charge in [-0.15, -0.1) is 0 Å². The maximum atomic E-state index is 12.8. The molecule has 152 valence electrons. The molecule has 5 rings (SSSR count). The Morgan fingerprint density at radius 1 is 1.20 bits per heavy atom. The van der Waals surface area contributed by atoms with Crippen LogP contribution in [0, 0.1) is 0 Å². The summed E-state index contributed by atoms with van der Waals surface area (Å²) in [4.78, 5) is 26.1. The number of hydrogen-bond acceptors (Lipinski definition) is 5. The molecule has 0 radical (unpaired) electrons. The Morgan fingerprint density at radius 3 is 2.93 bits per heavy atom.